The van der Waals surface area contributed by atoms with Crippen LogP contribution in [0.25, 0.3) is 11.1 Å². The van der Waals surface area contributed by atoms with E-state index in [-0.39, 0.29) is 6.42 Å². The number of unbranched alkanes of at least 4 members (excludes halogenated alkanes) is 1. The molecule has 0 heterocycles. The highest BCUT2D eigenvalue weighted by atomic mass is 16.5. The lowest BCUT2D eigenvalue weighted by Gasteiger charge is -2.29. The van der Waals surface area contributed by atoms with Crippen LogP contribution in [0.4, 0.5) is 0 Å². The van der Waals surface area contributed by atoms with Gasteiger partial charge in [0.2, 0.25) is 0 Å². The second kappa shape index (κ2) is 7.30. The molecular weight excluding hydrogens is 330 g/mol. The normalized spacial score (nSPS) is 14.2. The second-order valence-corrected chi connectivity index (χ2v) is 6.61. The molecule has 1 aliphatic rings. The van der Waals surface area contributed by atoms with Gasteiger partial charge in [-0.1, -0.05) is 48.9 Å². The van der Waals surface area contributed by atoms with Crippen molar-refractivity contribution in [2.24, 2.45) is 5.73 Å². The predicted octanol–water partition coefficient (Wildman–Crippen LogP) is 2.88. The van der Waals surface area contributed by atoms with Crippen molar-refractivity contribution >= 4 is 11.9 Å². The van der Waals surface area contributed by atoms with Crippen molar-refractivity contribution in [2.75, 3.05) is 13.7 Å². The molecule has 5 nitrogen and oxygen atoms in total. The fourth-order valence-electron chi connectivity index (χ4n) is 3.92. The molecule has 0 bridgehead atoms. The summed E-state index contributed by atoms with van der Waals surface area (Å²) in [6.45, 7) is 0.454. The summed E-state index contributed by atoms with van der Waals surface area (Å²) in [6, 6.07) is 13.5. The third-order valence-electron chi connectivity index (χ3n) is 5.22. The Balaban J connectivity index is 2.17. The molecule has 1 atom stereocenters. The minimum atomic E-state index is -1.71. The minimum absolute atomic E-state index is 0.166. The number of carboxylic acid groups (broad SMARTS) is 1. The number of ether oxygens (including phenoxy) is 1. The predicted molar refractivity (Wildman–Crippen MR) is 98.9 cm³/mol. The molecule has 0 radical (unpaired) electrons. The van der Waals surface area contributed by atoms with Gasteiger partial charge in [0.05, 0.1) is 7.11 Å². The van der Waals surface area contributed by atoms with Crippen molar-refractivity contribution in [2.45, 2.75) is 31.1 Å². The fourth-order valence-corrected chi connectivity index (χ4v) is 3.92. The number of carbonyl (C=O) groups is 2. The van der Waals surface area contributed by atoms with Gasteiger partial charge in [-0.3, -0.25) is 9.59 Å². The highest BCUT2D eigenvalue weighted by Crippen LogP contribution is 2.43. The van der Waals surface area contributed by atoms with Crippen LogP contribution in [0.1, 0.15) is 36.0 Å². The zero-order chi connectivity index (χ0) is 18.7. The molecule has 0 spiro atoms. The standard InChI is InChI=1S/C21H23NO4/c1-26-20(25)21(19(23)24,11-4-5-12-22)18-10-6-9-16-15-8-3-2-7-14(15)13-17(16)18/h2-3,6-10H,4-5,11-13,22H2,1H3,(H,23,24). The van der Waals surface area contributed by atoms with Crippen LogP contribution in [0.3, 0.4) is 0 Å². The van der Waals surface area contributed by atoms with E-state index in [9.17, 15) is 14.7 Å². The van der Waals surface area contributed by atoms with Gasteiger partial charge in [0.1, 0.15) is 0 Å². The Morgan fingerprint density at radius 3 is 2.54 bits per heavy atom. The van der Waals surface area contributed by atoms with Crippen molar-refractivity contribution in [1.82, 2.24) is 0 Å². The van der Waals surface area contributed by atoms with Gasteiger partial charge in [-0.05, 0) is 53.6 Å². The lowest BCUT2D eigenvalue weighted by molar-refractivity contribution is -0.160. The number of carboxylic acids is 1. The minimum Gasteiger partial charge on any atom is -0.480 e. The van der Waals surface area contributed by atoms with Crippen LogP contribution in [0.5, 0.6) is 0 Å². The number of fused-ring (bicyclic) bond motifs is 3. The van der Waals surface area contributed by atoms with Gasteiger partial charge in [0, 0.05) is 0 Å². The van der Waals surface area contributed by atoms with Gasteiger partial charge in [0.15, 0.2) is 5.41 Å². The Morgan fingerprint density at radius 1 is 1.12 bits per heavy atom. The van der Waals surface area contributed by atoms with E-state index >= 15 is 0 Å². The summed E-state index contributed by atoms with van der Waals surface area (Å²) in [7, 11) is 1.24. The molecule has 0 fully saturated rings. The van der Waals surface area contributed by atoms with Crippen LogP contribution in [-0.4, -0.2) is 30.7 Å². The number of nitrogens with two attached hydrogens (primary N) is 1. The number of carbonyl (C=O) groups excluding carboxylic acids is 1. The highest BCUT2D eigenvalue weighted by molar-refractivity contribution is 6.06. The summed E-state index contributed by atoms with van der Waals surface area (Å²) in [5.74, 6) is -1.91. The first kappa shape index (κ1) is 18.1. The van der Waals surface area contributed by atoms with Crippen LogP contribution in [0.15, 0.2) is 42.5 Å². The average Bonchev–Trinajstić information content (AvgIpc) is 3.03. The number of hydrogen-bond acceptors (Lipinski definition) is 4. The van der Waals surface area contributed by atoms with E-state index in [0.29, 0.717) is 31.4 Å². The van der Waals surface area contributed by atoms with Crippen molar-refractivity contribution in [3.63, 3.8) is 0 Å². The van der Waals surface area contributed by atoms with Gasteiger partial charge >= 0.3 is 11.9 Å². The number of aliphatic carboxylic acids is 1. The Kier molecular flexibility index (Phi) is 5.09. The number of rotatable bonds is 7. The third-order valence-corrected chi connectivity index (χ3v) is 5.22. The van der Waals surface area contributed by atoms with E-state index in [1.807, 2.05) is 36.4 Å². The molecule has 2 aromatic carbocycles. The lowest BCUT2D eigenvalue weighted by atomic mass is 9.73. The molecule has 0 amide bonds. The first-order valence-corrected chi connectivity index (χ1v) is 8.78. The molecule has 1 unspecified atom stereocenters. The molecule has 0 saturated heterocycles. The smallest absolute Gasteiger partial charge is 0.327 e. The first-order valence-electron chi connectivity index (χ1n) is 8.78. The Labute approximate surface area is 152 Å². The second-order valence-electron chi connectivity index (χ2n) is 6.61. The summed E-state index contributed by atoms with van der Waals surface area (Å²) in [6.07, 6.45) is 1.97. The van der Waals surface area contributed by atoms with Gasteiger partial charge < -0.3 is 15.6 Å². The zero-order valence-electron chi connectivity index (χ0n) is 14.8. The van der Waals surface area contributed by atoms with E-state index in [4.69, 9.17) is 10.5 Å². The Hall–Kier alpha value is -2.66. The summed E-state index contributed by atoms with van der Waals surface area (Å²) in [5.41, 5.74) is 8.51. The maximum absolute atomic E-state index is 12.7. The monoisotopic (exact) mass is 353 g/mol. The van der Waals surface area contributed by atoms with Crippen LogP contribution >= 0.6 is 0 Å². The number of benzene rings is 2. The van der Waals surface area contributed by atoms with Crippen LogP contribution in [-0.2, 0) is 26.2 Å². The van der Waals surface area contributed by atoms with Crippen molar-refractivity contribution in [3.8, 4) is 11.1 Å². The average molecular weight is 353 g/mol. The molecule has 0 aromatic heterocycles. The molecule has 5 heteroatoms. The maximum atomic E-state index is 12.7. The molecule has 0 saturated carbocycles. The van der Waals surface area contributed by atoms with E-state index < -0.39 is 17.4 Å². The van der Waals surface area contributed by atoms with E-state index in [2.05, 4.69) is 0 Å². The third kappa shape index (κ3) is 2.78. The quantitative estimate of drug-likeness (QED) is 0.387. The van der Waals surface area contributed by atoms with E-state index in [1.54, 1.807) is 6.07 Å². The number of esters is 1. The largest absolute Gasteiger partial charge is 0.480 e. The van der Waals surface area contributed by atoms with Crippen LogP contribution < -0.4 is 5.73 Å². The molecule has 3 N–H and O–H groups in total. The molecule has 3 rings (SSSR count). The van der Waals surface area contributed by atoms with Crippen LogP contribution in [0, 0.1) is 0 Å². The number of hydrogen-bond donors (Lipinski definition) is 2. The van der Waals surface area contributed by atoms with Gasteiger partial charge in [0.25, 0.3) is 0 Å². The van der Waals surface area contributed by atoms with Gasteiger partial charge in [-0.15, -0.1) is 0 Å². The first-order chi connectivity index (χ1) is 12.6. The number of methoxy groups -OCH3 is 1. The zero-order valence-corrected chi connectivity index (χ0v) is 14.8. The highest BCUT2D eigenvalue weighted by Gasteiger charge is 2.50. The summed E-state index contributed by atoms with van der Waals surface area (Å²) < 4.78 is 4.95. The fraction of sp³-hybridized carbons (Fsp3) is 0.333. The summed E-state index contributed by atoms with van der Waals surface area (Å²) >= 11 is 0. The van der Waals surface area contributed by atoms with Crippen molar-refractivity contribution in [1.29, 1.82) is 0 Å². The van der Waals surface area contributed by atoms with Crippen LogP contribution in [0.2, 0.25) is 0 Å². The molecule has 2 aromatic rings. The van der Waals surface area contributed by atoms with Crippen molar-refractivity contribution in [3.05, 3.63) is 59.2 Å². The molecule has 136 valence electrons. The van der Waals surface area contributed by atoms with Crippen molar-refractivity contribution < 1.29 is 19.4 Å². The Morgan fingerprint density at radius 2 is 1.85 bits per heavy atom. The van der Waals surface area contributed by atoms with Gasteiger partial charge in [-0.25, -0.2) is 0 Å². The van der Waals surface area contributed by atoms with E-state index in [1.165, 1.54) is 7.11 Å². The topological polar surface area (TPSA) is 89.6 Å². The van der Waals surface area contributed by atoms with Gasteiger partial charge in [-0.2, -0.15) is 0 Å². The molecule has 1 aliphatic carbocycles. The summed E-state index contributed by atoms with van der Waals surface area (Å²) in [4.78, 5) is 25.1. The molecule has 26 heavy (non-hydrogen) atoms. The lowest BCUT2D eigenvalue weighted by Crippen LogP contribution is -2.45. The molecular formula is C21H23NO4. The maximum Gasteiger partial charge on any atom is 0.327 e. The van der Waals surface area contributed by atoms with E-state index in [0.717, 1.165) is 22.3 Å². The Bertz CT molecular complexity index is 846. The summed E-state index contributed by atoms with van der Waals surface area (Å²) in [5, 5.41) is 10.1. The molecule has 0 aliphatic heterocycles. The SMILES string of the molecule is COC(=O)C(CCCCN)(C(=O)O)c1cccc2c1Cc1ccccc1-2.